The second-order valence-corrected chi connectivity index (χ2v) is 5.46. The smallest absolute Gasteiger partial charge is 0.338 e. The van der Waals surface area contributed by atoms with Crippen molar-refractivity contribution < 1.29 is 19.1 Å². The highest BCUT2D eigenvalue weighted by molar-refractivity contribution is 5.92. The number of benzene rings is 2. The van der Waals surface area contributed by atoms with Gasteiger partial charge in [0, 0.05) is 6.54 Å². The van der Waals surface area contributed by atoms with Crippen LogP contribution >= 0.6 is 0 Å². The van der Waals surface area contributed by atoms with Crippen LogP contribution in [0, 0.1) is 13.8 Å². The highest BCUT2D eigenvalue weighted by Crippen LogP contribution is 2.17. The van der Waals surface area contributed by atoms with E-state index in [2.05, 4.69) is 5.32 Å². The number of ether oxygens (including phenoxy) is 2. The molecular formula is C19H21NO4. The molecule has 2 aromatic carbocycles. The van der Waals surface area contributed by atoms with Gasteiger partial charge in [-0.3, -0.25) is 4.79 Å². The molecule has 0 unspecified atom stereocenters. The van der Waals surface area contributed by atoms with E-state index in [1.807, 2.05) is 31.2 Å². The molecule has 0 saturated heterocycles. The topological polar surface area (TPSA) is 64.6 Å². The van der Waals surface area contributed by atoms with Gasteiger partial charge in [0.25, 0.3) is 5.91 Å². The predicted octanol–water partition coefficient (Wildman–Crippen LogP) is 2.79. The summed E-state index contributed by atoms with van der Waals surface area (Å²) in [7, 11) is 1.56. The number of esters is 1. The fourth-order valence-electron chi connectivity index (χ4n) is 2.25. The zero-order valence-corrected chi connectivity index (χ0v) is 14.1. The Morgan fingerprint density at radius 3 is 2.46 bits per heavy atom. The van der Waals surface area contributed by atoms with Crippen molar-refractivity contribution in [3.8, 4) is 5.75 Å². The lowest BCUT2D eigenvalue weighted by atomic mass is 10.1. The van der Waals surface area contributed by atoms with Gasteiger partial charge in [-0.25, -0.2) is 4.79 Å². The lowest BCUT2D eigenvalue weighted by Crippen LogP contribution is -2.28. The Morgan fingerprint density at radius 1 is 1.04 bits per heavy atom. The molecule has 1 N–H and O–H groups in total. The largest absolute Gasteiger partial charge is 0.497 e. The summed E-state index contributed by atoms with van der Waals surface area (Å²) in [5, 5.41) is 2.74. The molecule has 0 aromatic heterocycles. The summed E-state index contributed by atoms with van der Waals surface area (Å²) in [4.78, 5) is 23.9. The molecule has 0 aliphatic carbocycles. The number of amides is 1. The van der Waals surface area contributed by atoms with E-state index in [1.165, 1.54) is 0 Å². The Labute approximate surface area is 141 Å². The molecule has 0 aliphatic rings. The minimum absolute atomic E-state index is 0.309. The van der Waals surface area contributed by atoms with Crippen LogP contribution in [-0.4, -0.2) is 25.6 Å². The summed E-state index contributed by atoms with van der Waals surface area (Å²) in [6, 6.07) is 12.8. The van der Waals surface area contributed by atoms with Crippen LogP contribution in [0.1, 0.15) is 27.0 Å². The molecule has 0 radical (unpaired) electrons. The van der Waals surface area contributed by atoms with Crippen LogP contribution in [0.2, 0.25) is 0 Å². The molecule has 0 fully saturated rings. The van der Waals surface area contributed by atoms with Gasteiger partial charge in [0.1, 0.15) is 5.75 Å². The molecule has 126 valence electrons. The average molecular weight is 327 g/mol. The second kappa shape index (κ2) is 8.15. The number of aryl methyl sites for hydroxylation is 2. The van der Waals surface area contributed by atoms with Crippen molar-refractivity contribution in [2.75, 3.05) is 13.7 Å². The van der Waals surface area contributed by atoms with E-state index in [1.54, 1.807) is 32.2 Å². The molecule has 5 nitrogen and oxygen atoms in total. The van der Waals surface area contributed by atoms with Gasteiger partial charge >= 0.3 is 5.97 Å². The third-order valence-electron chi connectivity index (χ3n) is 3.73. The van der Waals surface area contributed by atoms with Gasteiger partial charge in [-0.15, -0.1) is 0 Å². The average Bonchev–Trinajstić information content (AvgIpc) is 2.58. The van der Waals surface area contributed by atoms with Gasteiger partial charge in [-0.1, -0.05) is 24.3 Å². The molecule has 0 saturated carbocycles. The monoisotopic (exact) mass is 327 g/mol. The third-order valence-corrected chi connectivity index (χ3v) is 3.73. The van der Waals surface area contributed by atoms with Crippen molar-refractivity contribution >= 4 is 11.9 Å². The normalized spacial score (nSPS) is 10.1. The van der Waals surface area contributed by atoms with Gasteiger partial charge in [0.05, 0.1) is 12.7 Å². The number of hydrogen-bond acceptors (Lipinski definition) is 4. The first-order chi connectivity index (χ1) is 11.5. The van der Waals surface area contributed by atoms with E-state index < -0.39 is 5.97 Å². The standard InChI is InChI=1S/C19H21NO4/c1-13-6-4-5-7-15(13)11-20-18(21)12-24-19(22)17-9-8-16(23-3)10-14(17)2/h4-10H,11-12H2,1-3H3,(H,20,21). The number of methoxy groups -OCH3 is 1. The molecule has 5 heteroatoms. The fourth-order valence-corrected chi connectivity index (χ4v) is 2.25. The van der Waals surface area contributed by atoms with E-state index in [4.69, 9.17) is 9.47 Å². The first-order valence-corrected chi connectivity index (χ1v) is 7.64. The molecule has 0 atom stereocenters. The lowest BCUT2D eigenvalue weighted by Gasteiger charge is -2.10. The first-order valence-electron chi connectivity index (χ1n) is 7.64. The summed E-state index contributed by atoms with van der Waals surface area (Å²) in [6.07, 6.45) is 0. The van der Waals surface area contributed by atoms with Gasteiger partial charge < -0.3 is 14.8 Å². The van der Waals surface area contributed by atoms with Crippen LogP contribution in [0.5, 0.6) is 5.75 Å². The number of hydrogen-bond donors (Lipinski definition) is 1. The Bertz CT molecular complexity index is 740. The van der Waals surface area contributed by atoms with Gasteiger partial charge in [-0.05, 0) is 48.7 Å². The predicted molar refractivity (Wildman–Crippen MR) is 91.0 cm³/mol. The molecule has 1 amide bonds. The Balaban J connectivity index is 1.85. The molecule has 2 rings (SSSR count). The molecular weight excluding hydrogens is 306 g/mol. The summed E-state index contributed by atoms with van der Waals surface area (Å²) in [6.45, 7) is 3.87. The summed E-state index contributed by atoms with van der Waals surface area (Å²) in [5.74, 6) is -0.195. The summed E-state index contributed by atoms with van der Waals surface area (Å²) in [5.41, 5.74) is 3.29. The lowest BCUT2D eigenvalue weighted by molar-refractivity contribution is -0.124. The Morgan fingerprint density at radius 2 is 1.79 bits per heavy atom. The van der Waals surface area contributed by atoms with Crippen molar-refractivity contribution in [3.05, 3.63) is 64.7 Å². The molecule has 2 aromatic rings. The van der Waals surface area contributed by atoms with Crippen LogP contribution in [0.4, 0.5) is 0 Å². The van der Waals surface area contributed by atoms with E-state index in [0.717, 1.165) is 16.7 Å². The van der Waals surface area contributed by atoms with Crippen LogP contribution < -0.4 is 10.1 Å². The van der Waals surface area contributed by atoms with Gasteiger partial charge in [-0.2, -0.15) is 0 Å². The van der Waals surface area contributed by atoms with Crippen LogP contribution in [-0.2, 0) is 16.1 Å². The van der Waals surface area contributed by atoms with E-state index in [-0.39, 0.29) is 12.5 Å². The number of rotatable bonds is 6. The minimum Gasteiger partial charge on any atom is -0.497 e. The second-order valence-electron chi connectivity index (χ2n) is 5.46. The zero-order valence-electron chi connectivity index (χ0n) is 14.1. The van der Waals surface area contributed by atoms with Crippen LogP contribution in [0.3, 0.4) is 0 Å². The maximum Gasteiger partial charge on any atom is 0.338 e. The number of nitrogens with one attached hydrogen (secondary N) is 1. The van der Waals surface area contributed by atoms with Crippen LogP contribution in [0.25, 0.3) is 0 Å². The van der Waals surface area contributed by atoms with E-state index in [9.17, 15) is 9.59 Å². The minimum atomic E-state index is -0.527. The summed E-state index contributed by atoms with van der Waals surface area (Å²) >= 11 is 0. The van der Waals surface area contributed by atoms with E-state index >= 15 is 0 Å². The van der Waals surface area contributed by atoms with Crippen molar-refractivity contribution in [2.45, 2.75) is 20.4 Å². The van der Waals surface area contributed by atoms with Crippen molar-refractivity contribution in [2.24, 2.45) is 0 Å². The Kier molecular flexibility index (Phi) is 5.95. The third kappa shape index (κ3) is 4.59. The first kappa shape index (κ1) is 17.5. The highest BCUT2D eigenvalue weighted by atomic mass is 16.5. The molecule has 24 heavy (non-hydrogen) atoms. The molecule has 0 heterocycles. The quantitative estimate of drug-likeness (QED) is 0.829. The number of carbonyl (C=O) groups is 2. The molecule has 0 bridgehead atoms. The fraction of sp³-hybridized carbons (Fsp3) is 0.263. The van der Waals surface area contributed by atoms with Crippen molar-refractivity contribution in [1.29, 1.82) is 0 Å². The van der Waals surface area contributed by atoms with Gasteiger partial charge in [0.15, 0.2) is 6.61 Å². The maximum atomic E-state index is 12.1. The maximum absolute atomic E-state index is 12.1. The van der Waals surface area contributed by atoms with Crippen molar-refractivity contribution in [3.63, 3.8) is 0 Å². The van der Waals surface area contributed by atoms with Gasteiger partial charge in [0.2, 0.25) is 0 Å². The Hall–Kier alpha value is -2.82. The van der Waals surface area contributed by atoms with Crippen LogP contribution in [0.15, 0.2) is 42.5 Å². The van der Waals surface area contributed by atoms with Crippen molar-refractivity contribution in [1.82, 2.24) is 5.32 Å². The molecule has 0 spiro atoms. The highest BCUT2D eigenvalue weighted by Gasteiger charge is 2.13. The van der Waals surface area contributed by atoms with E-state index in [0.29, 0.717) is 17.9 Å². The number of carbonyl (C=O) groups excluding carboxylic acids is 2. The SMILES string of the molecule is COc1ccc(C(=O)OCC(=O)NCc2ccccc2C)c(C)c1. The molecule has 0 aliphatic heterocycles. The summed E-state index contributed by atoms with van der Waals surface area (Å²) < 4.78 is 10.2. The zero-order chi connectivity index (χ0) is 17.5.